The number of ether oxygens (including phenoxy) is 2. The van der Waals surface area contributed by atoms with Crippen molar-refractivity contribution in [2.24, 2.45) is 5.92 Å². The highest BCUT2D eigenvalue weighted by atomic mass is 32.2. The van der Waals surface area contributed by atoms with Crippen molar-refractivity contribution in [3.63, 3.8) is 0 Å². The summed E-state index contributed by atoms with van der Waals surface area (Å²) in [5.41, 5.74) is 7.88. The van der Waals surface area contributed by atoms with Gasteiger partial charge in [0.15, 0.2) is 0 Å². The zero-order valence-corrected chi connectivity index (χ0v) is 26.8. The van der Waals surface area contributed by atoms with E-state index >= 15 is 0 Å². The summed E-state index contributed by atoms with van der Waals surface area (Å²) in [4.78, 5) is 27.9. The zero-order valence-electron chi connectivity index (χ0n) is 26.0. The van der Waals surface area contributed by atoms with Crippen LogP contribution in [0.2, 0.25) is 0 Å². The van der Waals surface area contributed by atoms with Crippen molar-refractivity contribution >= 4 is 34.0 Å². The Bertz CT molecular complexity index is 1490. The summed E-state index contributed by atoms with van der Waals surface area (Å²) >= 11 is 1.77. The molecule has 3 aromatic rings. The number of H-pyrrole nitrogens is 1. The zero-order chi connectivity index (χ0) is 30.8. The topological polar surface area (TPSA) is 100.0 Å². The largest absolute Gasteiger partial charge is 0.493 e. The van der Waals surface area contributed by atoms with Gasteiger partial charge in [-0.25, -0.2) is 9.37 Å². The summed E-state index contributed by atoms with van der Waals surface area (Å²) in [6, 6.07) is 12.6. The predicted molar refractivity (Wildman–Crippen MR) is 179 cm³/mol. The minimum atomic E-state index is -0.583. The molecule has 0 unspecified atom stereocenters. The lowest BCUT2D eigenvalue weighted by molar-refractivity contribution is -0.0181. The van der Waals surface area contributed by atoms with E-state index in [1.165, 1.54) is 37.7 Å². The van der Waals surface area contributed by atoms with Crippen LogP contribution in [0.5, 0.6) is 5.75 Å². The second-order valence-corrected chi connectivity index (χ2v) is 14.4. The third-order valence-corrected chi connectivity index (χ3v) is 11.6. The molecule has 4 aliphatic rings. The van der Waals surface area contributed by atoms with E-state index in [0.29, 0.717) is 52.7 Å². The second-order valence-electron chi connectivity index (χ2n) is 13.1. The van der Waals surface area contributed by atoms with Crippen LogP contribution in [0.25, 0.3) is 10.9 Å². The van der Waals surface area contributed by atoms with Gasteiger partial charge in [-0.15, -0.1) is 0 Å². The van der Waals surface area contributed by atoms with Crippen LogP contribution < -0.4 is 20.9 Å². The third-order valence-electron chi connectivity index (χ3n) is 10.2. The molecule has 0 amide bonds. The number of hydrogen-bond acceptors (Lipinski definition) is 9. The number of aromatic nitrogens is 2. The van der Waals surface area contributed by atoms with Crippen molar-refractivity contribution in [1.29, 1.82) is 0 Å². The predicted octanol–water partition coefficient (Wildman–Crippen LogP) is 4.50. The van der Waals surface area contributed by atoms with Crippen molar-refractivity contribution in [3.05, 3.63) is 58.4 Å². The SMILES string of the molecule is Nc1ccc(N2CCC(N3CC(N4CCC(COc5cc(F)c6c(=O)[nH]c(CSC7CCOCC7)nc6c5)CC4)C3)CC2)cc1. The first-order valence-corrected chi connectivity index (χ1v) is 17.7. The highest BCUT2D eigenvalue weighted by molar-refractivity contribution is 7.99. The van der Waals surface area contributed by atoms with Gasteiger partial charge >= 0.3 is 0 Å². The van der Waals surface area contributed by atoms with E-state index in [9.17, 15) is 9.18 Å². The molecule has 4 fully saturated rings. The van der Waals surface area contributed by atoms with Gasteiger partial charge in [-0.1, -0.05) is 0 Å². The maximum absolute atomic E-state index is 15.0. The average Bonchev–Trinajstić information content (AvgIpc) is 3.04. The first kappa shape index (κ1) is 30.8. The molecule has 2 aromatic carbocycles. The fourth-order valence-electron chi connectivity index (χ4n) is 7.33. The van der Waals surface area contributed by atoms with E-state index in [4.69, 9.17) is 15.2 Å². The van der Waals surface area contributed by atoms with Gasteiger partial charge in [0, 0.05) is 80.2 Å². The monoisotopic (exact) mass is 636 g/mol. The van der Waals surface area contributed by atoms with Crippen LogP contribution in [0.15, 0.2) is 41.2 Å². The van der Waals surface area contributed by atoms with Crippen molar-refractivity contribution in [1.82, 2.24) is 19.8 Å². The fourth-order valence-corrected chi connectivity index (χ4v) is 8.39. The van der Waals surface area contributed by atoms with E-state index in [1.807, 2.05) is 12.1 Å². The number of likely N-dealkylation sites (tertiary alicyclic amines) is 2. The Kier molecular flexibility index (Phi) is 9.48. The number of thioether (sulfide) groups is 1. The first-order chi connectivity index (χ1) is 22.0. The molecule has 5 heterocycles. The Morgan fingerprint density at radius 2 is 1.69 bits per heavy atom. The molecule has 0 spiro atoms. The van der Waals surface area contributed by atoms with Gasteiger partial charge in [-0.05, 0) is 81.8 Å². The number of fused-ring (bicyclic) bond motifs is 1. The molecule has 0 bridgehead atoms. The lowest BCUT2D eigenvalue weighted by Crippen LogP contribution is -2.64. The molecule has 7 rings (SSSR count). The molecule has 0 saturated carbocycles. The molecular weight excluding hydrogens is 591 g/mol. The van der Waals surface area contributed by atoms with Gasteiger partial charge in [0.2, 0.25) is 0 Å². The van der Waals surface area contributed by atoms with Crippen LogP contribution >= 0.6 is 11.8 Å². The highest BCUT2D eigenvalue weighted by Crippen LogP contribution is 2.30. The average molecular weight is 637 g/mol. The van der Waals surface area contributed by atoms with Gasteiger partial charge in [0.25, 0.3) is 5.56 Å². The third kappa shape index (κ3) is 7.26. The van der Waals surface area contributed by atoms with Crippen molar-refractivity contribution in [2.45, 2.75) is 61.6 Å². The molecule has 4 aliphatic heterocycles. The molecule has 0 radical (unpaired) electrons. The number of nitrogens with zero attached hydrogens (tertiary/aromatic N) is 4. The van der Waals surface area contributed by atoms with E-state index in [2.05, 4.69) is 36.8 Å². The molecular formula is C34H45FN6O3S. The summed E-state index contributed by atoms with van der Waals surface area (Å²) in [5.74, 6) is 1.46. The summed E-state index contributed by atoms with van der Waals surface area (Å²) in [7, 11) is 0. The molecule has 1 aromatic heterocycles. The number of rotatable bonds is 9. The molecule has 4 saturated heterocycles. The molecule has 11 heteroatoms. The fraction of sp³-hybridized carbons (Fsp3) is 0.588. The quantitative estimate of drug-likeness (QED) is 0.329. The van der Waals surface area contributed by atoms with Crippen LogP contribution in [-0.4, -0.2) is 96.2 Å². The normalized spacial score (nSPS) is 21.8. The summed E-state index contributed by atoms with van der Waals surface area (Å²) in [6.07, 6.45) is 6.59. The number of hydrogen-bond donors (Lipinski definition) is 2. The van der Waals surface area contributed by atoms with Gasteiger partial charge in [0.1, 0.15) is 22.8 Å². The van der Waals surface area contributed by atoms with E-state index in [-0.39, 0.29) is 5.39 Å². The summed E-state index contributed by atoms with van der Waals surface area (Å²) < 4.78 is 26.5. The number of aromatic amines is 1. The number of benzene rings is 2. The Hall–Kier alpha value is -2.86. The molecule has 3 N–H and O–H groups in total. The Balaban J connectivity index is 0.852. The number of anilines is 2. The summed E-state index contributed by atoms with van der Waals surface area (Å²) in [5, 5.41) is 0.489. The van der Waals surface area contributed by atoms with Crippen molar-refractivity contribution < 1.29 is 13.9 Å². The van der Waals surface area contributed by atoms with Gasteiger partial charge < -0.3 is 25.1 Å². The van der Waals surface area contributed by atoms with Crippen LogP contribution in [0.4, 0.5) is 15.8 Å². The van der Waals surface area contributed by atoms with E-state index in [1.54, 1.807) is 17.8 Å². The van der Waals surface area contributed by atoms with Gasteiger partial charge in [-0.3, -0.25) is 14.6 Å². The maximum atomic E-state index is 15.0. The Morgan fingerprint density at radius 1 is 0.956 bits per heavy atom. The number of piperidine rings is 2. The Labute approximate surface area is 268 Å². The number of nitrogens with one attached hydrogen (secondary N) is 1. The Morgan fingerprint density at radius 3 is 2.42 bits per heavy atom. The van der Waals surface area contributed by atoms with Crippen molar-refractivity contribution in [2.75, 3.05) is 69.7 Å². The van der Waals surface area contributed by atoms with Crippen LogP contribution in [0.1, 0.15) is 44.3 Å². The number of nitrogens with two attached hydrogens (primary N) is 1. The minimum Gasteiger partial charge on any atom is -0.493 e. The molecule has 45 heavy (non-hydrogen) atoms. The van der Waals surface area contributed by atoms with Crippen LogP contribution in [-0.2, 0) is 10.5 Å². The lowest BCUT2D eigenvalue weighted by Gasteiger charge is -2.52. The molecule has 242 valence electrons. The maximum Gasteiger partial charge on any atom is 0.261 e. The number of halogens is 1. The number of nitrogen functional groups attached to an aromatic ring is 1. The van der Waals surface area contributed by atoms with Gasteiger partial charge in [-0.2, -0.15) is 11.8 Å². The van der Waals surface area contributed by atoms with Crippen molar-refractivity contribution in [3.8, 4) is 5.75 Å². The first-order valence-electron chi connectivity index (χ1n) is 16.6. The van der Waals surface area contributed by atoms with Crippen LogP contribution in [0, 0.1) is 11.7 Å². The lowest BCUT2D eigenvalue weighted by atomic mass is 9.92. The van der Waals surface area contributed by atoms with Crippen LogP contribution in [0.3, 0.4) is 0 Å². The molecule has 0 atom stereocenters. The van der Waals surface area contributed by atoms with E-state index in [0.717, 1.165) is 70.8 Å². The minimum absolute atomic E-state index is 0.00243. The summed E-state index contributed by atoms with van der Waals surface area (Å²) in [6.45, 7) is 8.82. The van der Waals surface area contributed by atoms with Gasteiger partial charge in [0.05, 0.1) is 17.9 Å². The standard InChI is InChI=1S/C34H45FN6O3S/c35-30-17-28(18-31-33(30)34(42)38-32(37-31)22-45-29-9-15-43-16-10-29)44-21-23-5-11-40(12-6-23)27-19-41(20-27)26-7-13-39(14-8-26)25-3-1-24(36)2-4-25/h1-4,17-18,23,26-27,29H,5-16,19-22,36H2,(H,37,38,42). The van der Waals surface area contributed by atoms with E-state index < -0.39 is 11.4 Å². The molecule has 0 aliphatic carbocycles. The smallest absolute Gasteiger partial charge is 0.261 e. The second kappa shape index (κ2) is 13.9. The molecule has 9 nitrogen and oxygen atoms in total. The highest BCUT2D eigenvalue weighted by Gasteiger charge is 2.38.